The minimum absolute atomic E-state index is 0.199. The first-order valence-corrected chi connectivity index (χ1v) is 11.2. The fourth-order valence-corrected chi connectivity index (χ4v) is 3.40. The van der Waals surface area contributed by atoms with Gasteiger partial charge in [0.25, 0.3) is 5.91 Å². The maximum Gasteiger partial charge on any atom is 0.254 e. The molecule has 0 saturated carbocycles. The van der Waals surface area contributed by atoms with Crippen LogP contribution in [0.15, 0.2) is 72.8 Å². The highest BCUT2D eigenvalue weighted by molar-refractivity contribution is 5.98. The van der Waals surface area contributed by atoms with Crippen molar-refractivity contribution in [2.24, 2.45) is 0 Å². The molecule has 188 valence electrons. The number of hydrogen-bond acceptors (Lipinski definition) is 6. The minimum Gasteiger partial charge on any atom is -0.497 e. The van der Waals surface area contributed by atoms with Crippen molar-refractivity contribution in [3.8, 4) is 17.2 Å². The molecular weight excluding hydrogens is 462 g/mol. The molecule has 3 aromatic carbocycles. The Hall–Kier alpha value is -4.53. The number of amides is 3. The molecular formula is C27H29N3O6. The molecule has 0 fully saturated rings. The van der Waals surface area contributed by atoms with Crippen LogP contribution in [0.3, 0.4) is 0 Å². The van der Waals surface area contributed by atoms with Crippen molar-refractivity contribution in [3.63, 3.8) is 0 Å². The van der Waals surface area contributed by atoms with E-state index in [1.54, 1.807) is 49.6 Å². The molecule has 0 aliphatic carbocycles. The molecule has 36 heavy (non-hydrogen) atoms. The molecule has 0 heterocycles. The summed E-state index contributed by atoms with van der Waals surface area (Å²) in [6.45, 7) is -0.293. The zero-order chi connectivity index (χ0) is 25.9. The van der Waals surface area contributed by atoms with Gasteiger partial charge >= 0.3 is 0 Å². The highest BCUT2D eigenvalue weighted by atomic mass is 16.5. The molecule has 0 spiro atoms. The van der Waals surface area contributed by atoms with E-state index in [0.29, 0.717) is 28.5 Å². The molecule has 0 aliphatic rings. The maximum atomic E-state index is 13.4. The first-order valence-electron chi connectivity index (χ1n) is 11.2. The van der Waals surface area contributed by atoms with Crippen LogP contribution >= 0.6 is 0 Å². The maximum absolute atomic E-state index is 13.4. The second-order valence-corrected chi connectivity index (χ2v) is 7.80. The van der Waals surface area contributed by atoms with E-state index in [4.69, 9.17) is 14.2 Å². The number of nitrogens with one attached hydrogen (secondary N) is 2. The molecule has 2 N–H and O–H groups in total. The average molecular weight is 492 g/mol. The Morgan fingerprint density at radius 2 is 1.36 bits per heavy atom. The monoisotopic (exact) mass is 491 g/mol. The highest BCUT2D eigenvalue weighted by Gasteiger charge is 2.21. The van der Waals surface area contributed by atoms with Crippen molar-refractivity contribution in [1.82, 2.24) is 10.2 Å². The van der Waals surface area contributed by atoms with Crippen LogP contribution in [-0.2, 0) is 16.1 Å². The Bertz CT molecular complexity index is 1160. The summed E-state index contributed by atoms with van der Waals surface area (Å²) in [5, 5.41) is 5.27. The van der Waals surface area contributed by atoms with E-state index in [1.807, 2.05) is 30.3 Å². The van der Waals surface area contributed by atoms with Crippen molar-refractivity contribution in [1.29, 1.82) is 0 Å². The zero-order valence-electron chi connectivity index (χ0n) is 20.4. The summed E-state index contributed by atoms with van der Waals surface area (Å²) < 4.78 is 15.6. The third-order valence-corrected chi connectivity index (χ3v) is 5.26. The van der Waals surface area contributed by atoms with Gasteiger partial charge in [-0.2, -0.15) is 0 Å². The standard InChI is InChI=1S/C27H29N3O6/c1-34-22-11-9-21(10-12-22)29-25(31)16-28-26(32)18-30(17-19-7-5-4-6-8-19)27(33)20-13-23(35-2)15-24(14-20)36-3/h4-15H,16-18H2,1-3H3,(H,28,32)(H,29,31). The Morgan fingerprint density at radius 1 is 0.750 bits per heavy atom. The average Bonchev–Trinajstić information content (AvgIpc) is 2.91. The number of nitrogens with zero attached hydrogens (tertiary/aromatic N) is 1. The number of carbonyl (C=O) groups is 3. The van der Waals surface area contributed by atoms with Gasteiger partial charge in [-0.3, -0.25) is 14.4 Å². The predicted octanol–water partition coefficient (Wildman–Crippen LogP) is 3.11. The van der Waals surface area contributed by atoms with Gasteiger partial charge in [0.15, 0.2) is 0 Å². The number of rotatable bonds is 11. The van der Waals surface area contributed by atoms with Gasteiger partial charge in [-0.15, -0.1) is 0 Å². The van der Waals surface area contributed by atoms with E-state index in [-0.39, 0.29) is 25.5 Å². The lowest BCUT2D eigenvalue weighted by atomic mass is 10.1. The van der Waals surface area contributed by atoms with Gasteiger partial charge < -0.3 is 29.7 Å². The van der Waals surface area contributed by atoms with E-state index in [9.17, 15) is 14.4 Å². The molecule has 0 aliphatic heterocycles. The quantitative estimate of drug-likeness (QED) is 0.427. The van der Waals surface area contributed by atoms with E-state index in [2.05, 4.69) is 10.6 Å². The fourth-order valence-electron chi connectivity index (χ4n) is 3.40. The van der Waals surface area contributed by atoms with Crippen LogP contribution in [0, 0.1) is 0 Å². The van der Waals surface area contributed by atoms with Crippen LogP contribution in [0.25, 0.3) is 0 Å². The second-order valence-electron chi connectivity index (χ2n) is 7.80. The Labute approximate surface area is 210 Å². The van der Waals surface area contributed by atoms with Crippen LogP contribution in [0.4, 0.5) is 5.69 Å². The third-order valence-electron chi connectivity index (χ3n) is 5.26. The fraction of sp³-hybridized carbons (Fsp3) is 0.222. The molecule has 3 rings (SSSR count). The summed E-state index contributed by atoms with van der Waals surface area (Å²) in [6, 6.07) is 21.0. The van der Waals surface area contributed by atoms with Crippen LogP contribution < -0.4 is 24.8 Å². The van der Waals surface area contributed by atoms with E-state index >= 15 is 0 Å². The van der Waals surface area contributed by atoms with Crippen molar-refractivity contribution >= 4 is 23.4 Å². The van der Waals surface area contributed by atoms with Crippen molar-refractivity contribution in [2.45, 2.75) is 6.54 Å². The molecule has 0 saturated heterocycles. The van der Waals surface area contributed by atoms with Gasteiger partial charge in [-0.05, 0) is 42.0 Å². The second kappa shape index (κ2) is 12.8. The molecule has 0 radical (unpaired) electrons. The predicted molar refractivity (Wildman–Crippen MR) is 135 cm³/mol. The summed E-state index contributed by atoms with van der Waals surface area (Å²) in [5.41, 5.74) is 1.74. The van der Waals surface area contributed by atoms with Gasteiger partial charge in [-0.25, -0.2) is 0 Å². The number of carbonyl (C=O) groups excluding carboxylic acids is 3. The largest absolute Gasteiger partial charge is 0.497 e. The molecule has 0 aromatic heterocycles. The van der Waals surface area contributed by atoms with Gasteiger partial charge in [0.05, 0.1) is 27.9 Å². The molecule has 0 bridgehead atoms. The van der Waals surface area contributed by atoms with Crippen molar-refractivity contribution in [3.05, 3.63) is 83.9 Å². The first kappa shape index (κ1) is 26.1. The van der Waals surface area contributed by atoms with E-state index < -0.39 is 11.8 Å². The van der Waals surface area contributed by atoms with Gasteiger partial charge in [0.1, 0.15) is 23.8 Å². The lowest BCUT2D eigenvalue weighted by molar-refractivity contribution is -0.124. The van der Waals surface area contributed by atoms with Gasteiger partial charge in [-0.1, -0.05) is 30.3 Å². The van der Waals surface area contributed by atoms with Crippen molar-refractivity contribution in [2.75, 3.05) is 39.7 Å². The first-order chi connectivity index (χ1) is 17.4. The van der Waals surface area contributed by atoms with Gasteiger partial charge in [0.2, 0.25) is 11.8 Å². The molecule has 3 aromatic rings. The Morgan fingerprint density at radius 3 is 1.94 bits per heavy atom. The van der Waals surface area contributed by atoms with Crippen LogP contribution in [0.1, 0.15) is 15.9 Å². The normalized spacial score (nSPS) is 10.2. The van der Waals surface area contributed by atoms with Crippen LogP contribution in [0.2, 0.25) is 0 Å². The summed E-state index contributed by atoms with van der Waals surface area (Å²) in [6.07, 6.45) is 0. The molecule has 9 nitrogen and oxygen atoms in total. The highest BCUT2D eigenvalue weighted by Crippen LogP contribution is 2.24. The lowest BCUT2D eigenvalue weighted by Gasteiger charge is -2.23. The van der Waals surface area contributed by atoms with Crippen LogP contribution in [-0.4, -0.2) is 57.0 Å². The third kappa shape index (κ3) is 7.49. The zero-order valence-corrected chi connectivity index (χ0v) is 20.4. The number of hydrogen-bond donors (Lipinski definition) is 2. The lowest BCUT2D eigenvalue weighted by Crippen LogP contribution is -2.42. The number of methoxy groups -OCH3 is 3. The summed E-state index contributed by atoms with van der Waals surface area (Å²) >= 11 is 0. The SMILES string of the molecule is COc1ccc(NC(=O)CNC(=O)CN(Cc2ccccc2)C(=O)c2cc(OC)cc(OC)c2)cc1. The van der Waals surface area contributed by atoms with Gasteiger partial charge in [0, 0.05) is 23.9 Å². The Balaban J connectivity index is 1.68. The summed E-state index contributed by atoms with van der Waals surface area (Å²) in [7, 11) is 4.55. The summed E-state index contributed by atoms with van der Waals surface area (Å²) in [5.74, 6) is 0.326. The van der Waals surface area contributed by atoms with Crippen molar-refractivity contribution < 1.29 is 28.6 Å². The van der Waals surface area contributed by atoms with E-state index in [0.717, 1.165) is 5.56 Å². The van der Waals surface area contributed by atoms with Crippen LogP contribution in [0.5, 0.6) is 17.2 Å². The molecule has 3 amide bonds. The smallest absolute Gasteiger partial charge is 0.254 e. The minimum atomic E-state index is -0.473. The number of ether oxygens (including phenoxy) is 3. The Kier molecular flexibility index (Phi) is 9.27. The summed E-state index contributed by atoms with van der Waals surface area (Å²) in [4.78, 5) is 39.8. The number of benzene rings is 3. The molecule has 0 atom stereocenters. The molecule has 0 unspecified atom stereocenters. The van der Waals surface area contributed by atoms with E-state index in [1.165, 1.54) is 19.1 Å². The topological polar surface area (TPSA) is 106 Å². The molecule has 9 heteroatoms. The number of anilines is 1.